The molecule has 180 valence electrons. The molecule has 1 aliphatic rings. The smallest absolute Gasteiger partial charge is 0.180 e. The Labute approximate surface area is 220 Å². The fourth-order valence-corrected chi connectivity index (χ4v) is 5.07. The molecule has 1 heterocycles. The van der Waals surface area contributed by atoms with Gasteiger partial charge in [-0.2, -0.15) is 0 Å². The Morgan fingerprint density at radius 1 is 0.853 bits per heavy atom. The summed E-state index contributed by atoms with van der Waals surface area (Å²) in [5, 5.41) is 5.74. The van der Waals surface area contributed by atoms with Crippen LogP contribution in [0.3, 0.4) is 0 Å². The van der Waals surface area contributed by atoms with Crippen molar-refractivity contribution in [3.8, 4) is 11.5 Å². The Morgan fingerprint density at radius 2 is 1.65 bits per heavy atom. The number of nitrogens with one attached hydrogen (secondary N) is 1. The lowest BCUT2D eigenvalue weighted by atomic mass is 10.1. The van der Waals surface area contributed by atoms with E-state index in [2.05, 4.69) is 22.3 Å². The van der Waals surface area contributed by atoms with Crippen molar-refractivity contribution in [3.63, 3.8) is 0 Å². The molecule has 0 aliphatic carbocycles. The van der Waals surface area contributed by atoms with Gasteiger partial charge in [-0.1, -0.05) is 52.5 Å². The summed E-state index contributed by atoms with van der Waals surface area (Å²) in [4.78, 5) is 2.36. The summed E-state index contributed by atoms with van der Waals surface area (Å²) >= 11 is 25.4. The molecule has 3 aromatic rings. The number of methoxy groups -OCH3 is 1. The van der Waals surface area contributed by atoms with Crippen molar-refractivity contribution in [2.24, 2.45) is 0 Å². The lowest BCUT2D eigenvalue weighted by molar-refractivity contribution is 0.284. The van der Waals surface area contributed by atoms with E-state index in [1.807, 2.05) is 24.3 Å². The largest absolute Gasteiger partial charge is 0.493 e. The number of ether oxygens (including phenoxy) is 2. The second kappa shape index (κ2) is 11.6. The number of hydrogen-bond acceptors (Lipinski definition) is 4. The lowest BCUT2D eigenvalue weighted by Crippen LogP contribution is -2.29. The van der Waals surface area contributed by atoms with Gasteiger partial charge in [-0.25, -0.2) is 0 Å². The van der Waals surface area contributed by atoms with Crippen molar-refractivity contribution in [1.29, 1.82) is 0 Å². The van der Waals surface area contributed by atoms with E-state index >= 15 is 0 Å². The molecule has 0 spiro atoms. The maximum absolute atomic E-state index is 6.59. The SMILES string of the molecule is COc1cc(CNc2ccc(N3CCCCC3)c(Cl)c2)cc(Cl)c1OCc1ccc(Cl)cc1Cl. The second-order valence-electron chi connectivity index (χ2n) is 8.20. The van der Waals surface area contributed by atoms with Gasteiger partial charge in [-0.3, -0.25) is 0 Å². The van der Waals surface area contributed by atoms with E-state index in [1.54, 1.807) is 19.2 Å². The molecule has 4 nitrogen and oxygen atoms in total. The third kappa shape index (κ3) is 6.17. The highest BCUT2D eigenvalue weighted by atomic mass is 35.5. The van der Waals surface area contributed by atoms with Gasteiger partial charge >= 0.3 is 0 Å². The number of piperidine rings is 1. The van der Waals surface area contributed by atoms with Gasteiger partial charge in [0.15, 0.2) is 11.5 Å². The third-order valence-electron chi connectivity index (χ3n) is 5.82. The van der Waals surface area contributed by atoms with Crippen LogP contribution in [0.1, 0.15) is 30.4 Å². The molecule has 0 bridgehead atoms. The van der Waals surface area contributed by atoms with Crippen LogP contribution in [-0.4, -0.2) is 20.2 Å². The molecule has 0 atom stereocenters. The van der Waals surface area contributed by atoms with Gasteiger partial charge in [-0.15, -0.1) is 0 Å². The van der Waals surface area contributed by atoms with Crippen molar-refractivity contribution in [2.75, 3.05) is 30.4 Å². The van der Waals surface area contributed by atoms with E-state index in [0.717, 1.165) is 40.6 Å². The van der Waals surface area contributed by atoms with E-state index in [0.29, 0.717) is 33.1 Å². The zero-order chi connectivity index (χ0) is 24.1. The van der Waals surface area contributed by atoms with Gasteiger partial charge in [0.2, 0.25) is 0 Å². The summed E-state index contributed by atoms with van der Waals surface area (Å²) < 4.78 is 11.5. The summed E-state index contributed by atoms with van der Waals surface area (Å²) in [6, 6.07) is 15.2. The molecule has 4 rings (SSSR count). The monoisotopic (exact) mass is 538 g/mol. The first-order valence-electron chi connectivity index (χ1n) is 11.2. The zero-order valence-electron chi connectivity index (χ0n) is 18.8. The average molecular weight is 540 g/mol. The molecule has 0 unspecified atom stereocenters. The highest BCUT2D eigenvalue weighted by Crippen LogP contribution is 2.38. The minimum absolute atomic E-state index is 0.242. The number of rotatable bonds is 8. The van der Waals surface area contributed by atoms with Crippen LogP contribution in [0.15, 0.2) is 48.5 Å². The summed E-state index contributed by atoms with van der Waals surface area (Å²) in [5.41, 5.74) is 3.80. The number of nitrogens with zero attached hydrogens (tertiary/aromatic N) is 1. The molecule has 0 saturated carbocycles. The highest BCUT2D eigenvalue weighted by Gasteiger charge is 2.15. The first kappa shape index (κ1) is 25.1. The summed E-state index contributed by atoms with van der Waals surface area (Å²) in [6.07, 6.45) is 3.72. The number of anilines is 2. The Morgan fingerprint density at radius 3 is 2.35 bits per heavy atom. The van der Waals surface area contributed by atoms with Crippen LogP contribution in [0.2, 0.25) is 20.1 Å². The molecule has 1 aliphatic heterocycles. The summed E-state index contributed by atoms with van der Waals surface area (Å²) in [6.45, 7) is 2.91. The van der Waals surface area contributed by atoms with Crippen LogP contribution >= 0.6 is 46.4 Å². The summed E-state index contributed by atoms with van der Waals surface area (Å²) in [5.74, 6) is 1.01. The minimum atomic E-state index is 0.242. The van der Waals surface area contributed by atoms with Crippen molar-refractivity contribution in [2.45, 2.75) is 32.4 Å². The third-order valence-corrected chi connectivity index (χ3v) is 6.99. The molecule has 1 saturated heterocycles. The fourth-order valence-electron chi connectivity index (χ4n) is 4.02. The molecular formula is C26H26Cl4N2O2. The predicted octanol–water partition coefficient (Wildman–Crippen LogP) is 8.49. The van der Waals surface area contributed by atoms with Crippen molar-refractivity contribution >= 4 is 57.8 Å². The topological polar surface area (TPSA) is 33.7 Å². The van der Waals surface area contributed by atoms with Crippen LogP contribution < -0.4 is 19.7 Å². The molecule has 1 fully saturated rings. The predicted molar refractivity (Wildman–Crippen MR) is 144 cm³/mol. The number of halogens is 4. The molecular weight excluding hydrogens is 514 g/mol. The molecule has 3 aromatic carbocycles. The quantitative estimate of drug-likeness (QED) is 0.311. The van der Waals surface area contributed by atoms with Crippen LogP contribution in [0.5, 0.6) is 11.5 Å². The number of benzene rings is 3. The van der Waals surface area contributed by atoms with E-state index in [4.69, 9.17) is 55.9 Å². The Bertz CT molecular complexity index is 1150. The van der Waals surface area contributed by atoms with Gasteiger partial charge in [0, 0.05) is 40.9 Å². The van der Waals surface area contributed by atoms with Crippen molar-refractivity contribution in [3.05, 3.63) is 79.7 Å². The van der Waals surface area contributed by atoms with Gasteiger partial charge in [0.25, 0.3) is 0 Å². The van der Waals surface area contributed by atoms with Crippen LogP contribution in [0.4, 0.5) is 11.4 Å². The fraction of sp³-hybridized carbons (Fsp3) is 0.308. The van der Waals surface area contributed by atoms with Gasteiger partial charge in [-0.05, 0) is 67.3 Å². The van der Waals surface area contributed by atoms with Crippen LogP contribution in [0.25, 0.3) is 0 Å². The maximum Gasteiger partial charge on any atom is 0.180 e. The first-order valence-corrected chi connectivity index (χ1v) is 12.7. The van der Waals surface area contributed by atoms with Crippen molar-refractivity contribution in [1.82, 2.24) is 0 Å². The van der Waals surface area contributed by atoms with Gasteiger partial charge in [0.05, 0.1) is 22.8 Å². The zero-order valence-corrected chi connectivity index (χ0v) is 21.9. The van der Waals surface area contributed by atoms with Crippen LogP contribution in [-0.2, 0) is 13.2 Å². The van der Waals surface area contributed by atoms with Gasteiger partial charge in [0.1, 0.15) is 6.61 Å². The summed E-state index contributed by atoms with van der Waals surface area (Å²) in [7, 11) is 1.59. The first-order chi connectivity index (χ1) is 16.4. The Kier molecular flexibility index (Phi) is 8.60. The van der Waals surface area contributed by atoms with E-state index < -0.39 is 0 Å². The average Bonchev–Trinajstić information content (AvgIpc) is 2.83. The Balaban J connectivity index is 1.42. The van der Waals surface area contributed by atoms with Crippen molar-refractivity contribution < 1.29 is 9.47 Å². The molecule has 1 N–H and O–H groups in total. The highest BCUT2D eigenvalue weighted by molar-refractivity contribution is 6.35. The normalized spacial score (nSPS) is 13.6. The molecule has 8 heteroatoms. The van der Waals surface area contributed by atoms with Gasteiger partial charge < -0.3 is 19.7 Å². The van der Waals surface area contributed by atoms with Crippen LogP contribution in [0, 0.1) is 0 Å². The minimum Gasteiger partial charge on any atom is -0.493 e. The van der Waals surface area contributed by atoms with E-state index in [1.165, 1.54) is 19.3 Å². The van der Waals surface area contributed by atoms with E-state index in [9.17, 15) is 0 Å². The van der Waals surface area contributed by atoms with E-state index in [-0.39, 0.29) is 6.61 Å². The molecule has 0 amide bonds. The Hall–Kier alpha value is -1.98. The maximum atomic E-state index is 6.59. The molecule has 0 aromatic heterocycles. The number of hydrogen-bond donors (Lipinski definition) is 1. The molecule has 0 radical (unpaired) electrons. The standard InChI is InChI=1S/C26H26Cl4N2O2/c1-33-25-12-17(11-23(30)26(25)34-16-18-5-6-19(27)13-21(18)28)15-31-20-7-8-24(22(29)14-20)32-9-3-2-4-10-32/h5-8,11-14,31H,2-4,9-10,15-16H2,1H3. The second-order valence-corrected chi connectivity index (χ2v) is 9.86. The molecule has 34 heavy (non-hydrogen) atoms. The lowest BCUT2D eigenvalue weighted by Gasteiger charge is -2.29.